The van der Waals surface area contributed by atoms with Crippen LogP contribution in [0.1, 0.15) is 58.6 Å². The zero-order valence-electron chi connectivity index (χ0n) is 19.6. The van der Waals surface area contributed by atoms with Crippen molar-refractivity contribution in [2.45, 2.75) is 56.8 Å². The third kappa shape index (κ3) is 4.00. The Morgan fingerprint density at radius 1 is 1.11 bits per heavy atom. The minimum atomic E-state index is -0.644. The summed E-state index contributed by atoms with van der Waals surface area (Å²) < 4.78 is 5.58. The van der Waals surface area contributed by atoms with Crippen LogP contribution in [0.15, 0.2) is 48.7 Å². The maximum absolute atomic E-state index is 13.0. The van der Waals surface area contributed by atoms with Gasteiger partial charge in [0.1, 0.15) is 12.1 Å². The Kier molecular flexibility index (Phi) is 5.47. The fourth-order valence-electron chi connectivity index (χ4n) is 5.44. The van der Waals surface area contributed by atoms with Crippen molar-refractivity contribution in [1.82, 2.24) is 20.5 Å². The molecule has 2 fully saturated rings. The van der Waals surface area contributed by atoms with Gasteiger partial charge in [0.2, 0.25) is 11.8 Å². The Morgan fingerprint density at radius 3 is 2.81 bits per heavy atom. The lowest BCUT2D eigenvalue weighted by atomic mass is 9.77. The number of fused-ring (bicyclic) bond motifs is 2. The fourth-order valence-corrected chi connectivity index (χ4v) is 5.44. The molecule has 1 unspecified atom stereocenters. The Bertz CT molecular complexity index is 1390. The third-order valence-corrected chi connectivity index (χ3v) is 7.46. The molecular weight excluding hydrogens is 460 g/mol. The largest absolute Gasteiger partial charge is 0.446 e. The summed E-state index contributed by atoms with van der Waals surface area (Å²) in [6.07, 6.45) is 3.46. The molecule has 6 rings (SSSR count). The number of piperidine rings is 1. The molecule has 184 valence electrons. The summed E-state index contributed by atoms with van der Waals surface area (Å²) in [6, 6.07) is 13.1. The van der Waals surface area contributed by atoms with Crippen molar-refractivity contribution in [2.24, 2.45) is 0 Å². The van der Waals surface area contributed by atoms with Gasteiger partial charge >= 0.3 is 6.09 Å². The van der Waals surface area contributed by atoms with Gasteiger partial charge in [0, 0.05) is 36.8 Å². The minimum Gasteiger partial charge on any atom is -0.446 e. The molecule has 1 aromatic heterocycles. The van der Waals surface area contributed by atoms with Gasteiger partial charge in [-0.3, -0.25) is 19.7 Å². The van der Waals surface area contributed by atoms with Gasteiger partial charge < -0.3 is 19.9 Å². The predicted octanol–water partition coefficient (Wildman–Crippen LogP) is 3.10. The van der Waals surface area contributed by atoms with E-state index in [1.807, 2.05) is 18.3 Å². The molecule has 3 aliphatic rings. The van der Waals surface area contributed by atoms with Crippen molar-refractivity contribution in [2.75, 3.05) is 0 Å². The number of nitrogens with one attached hydrogen (secondary N) is 3. The van der Waals surface area contributed by atoms with Crippen LogP contribution in [0.3, 0.4) is 0 Å². The standard InChI is InChI=1S/C27H26N4O5/c32-23-7-6-22(25(33)30-23)31-14-17-5-4-15(10-21(17)26(31)34)13-29-27(35)36-19-11-18(12-19)20-3-1-2-16-8-9-28-24(16)20/h1-5,8-10,18-19,22,28H,6-7,11-14H2,(H,29,35)(H,30,32,33). The number of ether oxygens (including phenoxy) is 1. The first kappa shape index (κ1) is 22.3. The number of aromatic nitrogens is 1. The summed E-state index contributed by atoms with van der Waals surface area (Å²) in [6.45, 7) is 0.561. The highest BCUT2D eigenvalue weighted by atomic mass is 16.6. The maximum atomic E-state index is 13.0. The van der Waals surface area contributed by atoms with Crippen molar-refractivity contribution in [3.05, 3.63) is 70.9 Å². The van der Waals surface area contributed by atoms with E-state index in [9.17, 15) is 19.2 Å². The van der Waals surface area contributed by atoms with Gasteiger partial charge in [0.15, 0.2) is 0 Å². The van der Waals surface area contributed by atoms with E-state index >= 15 is 0 Å². The normalized spacial score (nSPS) is 23.3. The average molecular weight is 487 g/mol. The highest BCUT2D eigenvalue weighted by Crippen LogP contribution is 2.41. The Hall–Kier alpha value is -4.14. The second-order valence-corrected chi connectivity index (χ2v) is 9.73. The lowest BCUT2D eigenvalue weighted by molar-refractivity contribution is -0.136. The third-order valence-electron chi connectivity index (χ3n) is 7.46. The van der Waals surface area contributed by atoms with E-state index in [0.717, 1.165) is 29.5 Å². The smallest absolute Gasteiger partial charge is 0.407 e. The Morgan fingerprint density at radius 2 is 1.97 bits per heavy atom. The van der Waals surface area contributed by atoms with E-state index in [1.165, 1.54) is 15.8 Å². The number of benzene rings is 2. The van der Waals surface area contributed by atoms with Crippen LogP contribution in [0.5, 0.6) is 0 Å². The van der Waals surface area contributed by atoms with Gasteiger partial charge in [-0.25, -0.2) is 4.79 Å². The molecule has 1 aliphatic carbocycles. The van der Waals surface area contributed by atoms with Crippen LogP contribution in [0.2, 0.25) is 0 Å². The van der Waals surface area contributed by atoms with E-state index < -0.39 is 18.0 Å². The molecule has 1 atom stereocenters. The molecule has 2 aliphatic heterocycles. The molecule has 3 heterocycles. The van der Waals surface area contributed by atoms with Crippen LogP contribution in [0.4, 0.5) is 4.79 Å². The topological polar surface area (TPSA) is 121 Å². The molecule has 9 heteroatoms. The first-order valence-electron chi connectivity index (χ1n) is 12.2. The number of para-hydroxylation sites is 1. The van der Waals surface area contributed by atoms with Gasteiger partial charge in [-0.1, -0.05) is 30.3 Å². The highest BCUT2D eigenvalue weighted by Gasteiger charge is 2.39. The number of hydrogen-bond acceptors (Lipinski definition) is 5. The molecule has 3 aromatic rings. The van der Waals surface area contributed by atoms with Crippen molar-refractivity contribution in [3.8, 4) is 0 Å². The molecule has 1 saturated carbocycles. The molecule has 9 nitrogen and oxygen atoms in total. The second kappa shape index (κ2) is 8.82. The number of carbonyl (C=O) groups is 4. The number of aromatic amines is 1. The summed E-state index contributed by atoms with van der Waals surface area (Å²) in [7, 11) is 0. The maximum Gasteiger partial charge on any atom is 0.407 e. The second-order valence-electron chi connectivity index (χ2n) is 9.73. The van der Waals surface area contributed by atoms with Gasteiger partial charge in [-0.15, -0.1) is 0 Å². The van der Waals surface area contributed by atoms with E-state index in [1.54, 1.807) is 6.07 Å². The van der Waals surface area contributed by atoms with Crippen LogP contribution >= 0.6 is 0 Å². The Labute approximate surface area is 207 Å². The number of H-pyrrole nitrogens is 1. The summed E-state index contributed by atoms with van der Waals surface area (Å²) in [5, 5.41) is 6.27. The summed E-state index contributed by atoms with van der Waals surface area (Å²) >= 11 is 0. The van der Waals surface area contributed by atoms with E-state index in [0.29, 0.717) is 24.4 Å². The summed E-state index contributed by atoms with van der Waals surface area (Å²) in [4.78, 5) is 53.8. The van der Waals surface area contributed by atoms with Gasteiger partial charge in [-0.05, 0) is 59.4 Å². The predicted molar refractivity (Wildman–Crippen MR) is 130 cm³/mol. The van der Waals surface area contributed by atoms with Gasteiger partial charge in [0.05, 0.1) is 0 Å². The minimum absolute atomic E-state index is 0.121. The number of carbonyl (C=O) groups excluding carboxylic acids is 4. The first-order valence-corrected chi connectivity index (χ1v) is 12.2. The molecule has 2 aromatic carbocycles. The average Bonchev–Trinajstić information content (AvgIpc) is 3.45. The van der Waals surface area contributed by atoms with E-state index in [-0.39, 0.29) is 30.9 Å². The van der Waals surface area contributed by atoms with Crippen molar-refractivity contribution < 1.29 is 23.9 Å². The number of alkyl carbamates (subject to hydrolysis) is 1. The Balaban J connectivity index is 1.01. The summed E-state index contributed by atoms with van der Waals surface area (Å²) in [5.74, 6) is -0.613. The van der Waals surface area contributed by atoms with Crippen molar-refractivity contribution >= 4 is 34.7 Å². The highest BCUT2D eigenvalue weighted by molar-refractivity contribution is 6.05. The SMILES string of the molecule is O=C1CCC(N2Cc3ccc(CNC(=O)OC4CC(c5cccc6cc[nH]c56)C4)cc3C2=O)C(=O)N1. The number of hydrogen-bond donors (Lipinski definition) is 3. The quantitative estimate of drug-likeness (QED) is 0.479. The van der Waals surface area contributed by atoms with Gasteiger partial charge in [0.25, 0.3) is 5.91 Å². The van der Waals surface area contributed by atoms with E-state index in [4.69, 9.17) is 4.74 Å². The monoisotopic (exact) mass is 486 g/mol. The summed E-state index contributed by atoms with van der Waals surface area (Å²) in [5.41, 5.74) is 4.52. The van der Waals surface area contributed by atoms with Crippen LogP contribution in [0, 0.1) is 0 Å². The first-order chi connectivity index (χ1) is 17.5. The molecule has 0 radical (unpaired) electrons. The van der Waals surface area contributed by atoms with Crippen LogP contribution in [-0.4, -0.2) is 45.8 Å². The number of rotatable bonds is 5. The number of amides is 4. The molecule has 4 amide bonds. The van der Waals surface area contributed by atoms with Crippen LogP contribution in [-0.2, 0) is 27.4 Å². The molecule has 1 saturated heterocycles. The lowest BCUT2D eigenvalue weighted by Gasteiger charge is -2.35. The number of imide groups is 1. The fraction of sp³-hybridized carbons (Fsp3) is 0.333. The molecule has 36 heavy (non-hydrogen) atoms. The lowest BCUT2D eigenvalue weighted by Crippen LogP contribution is -2.52. The van der Waals surface area contributed by atoms with Crippen LogP contribution in [0.25, 0.3) is 10.9 Å². The zero-order valence-corrected chi connectivity index (χ0v) is 19.6. The van der Waals surface area contributed by atoms with E-state index in [2.05, 4.69) is 39.9 Å². The molecule has 3 N–H and O–H groups in total. The van der Waals surface area contributed by atoms with Crippen LogP contribution < -0.4 is 10.6 Å². The molecular formula is C27H26N4O5. The number of nitrogens with zero attached hydrogens (tertiary/aromatic N) is 1. The van der Waals surface area contributed by atoms with Crippen molar-refractivity contribution in [3.63, 3.8) is 0 Å². The molecule has 0 bridgehead atoms. The van der Waals surface area contributed by atoms with Crippen molar-refractivity contribution in [1.29, 1.82) is 0 Å². The molecule has 0 spiro atoms. The van der Waals surface area contributed by atoms with Gasteiger partial charge in [-0.2, -0.15) is 0 Å². The zero-order chi connectivity index (χ0) is 24.8.